The molecule has 0 bridgehead atoms. The van der Waals surface area contributed by atoms with Gasteiger partial charge in [-0.25, -0.2) is 4.98 Å². The molecule has 0 fully saturated rings. The molecule has 0 atom stereocenters. The lowest BCUT2D eigenvalue weighted by Crippen LogP contribution is -1.85. The molecular weight excluding hydrogens is 107 g/mol. The molecule has 0 saturated heterocycles. The Labute approximate surface area is 53.4 Å². The number of hydrogen-bond acceptors (Lipinski definition) is 2. The van der Waals surface area contributed by atoms with Crippen LogP contribution in [0.2, 0.25) is 0 Å². The summed E-state index contributed by atoms with van der Waals surface area (Å²) in [5.41, 5.74) is -0.654. The molecule has 0 N–H and O–H groups in total. The summed E-state index contributed by atoms with van der Waals surface area (Å²) in [5, 5.41) is 0. The number of hydrogen-bond donors (Lipinski definition) is 0. The van der Waals surface area contributed by atoms with E-state index in [2.05, 4.69) is 9.97 Å². The Morgan fingerprint density at radius 2 is 2.62 bits per heavy atom. The monoisotopic (exact) mass is 117 g/mol. The predicted molar refractivity (Wildman–Crippen MR) is 26.7 cm³/mol. The normalized spacial score (nSPS) is 19.9. The van der Waals surface area contributed by atoms with Crippen molar-refractivity contribution < 1.29 is 11.2 Å². The lowest BCUT2D eigenvalue weighted by Gasteiger charge is -1.85. The second-order valence-corrected chi connectivity index (χ2v) is 1.09. The number of aryl methyl sites for hydroxylation is 1. The van der Waals surface area contributed by atoms with Crippen LogP contribution in [0.15, 0.2) is 12.3 Å². The molecule has 0 amide bonds. The number of rotatable bonds is 0. The largest absolute Gasteiger partial charge is 0.255 e. The predicted octanol–water partition coefficient (Wildman–Crippen LogP) is 0.924. The first kappa shape index (κ1) is 1.76. The first-order valence-electron chi connectivity index (χ1n) is 4.33. The Morgan fingerprint density at radius 3 is 3.38 bits per heavy atom. The van der Waals surface area contributed by atoms with Gasteiger partial charge in [-0.1, -0.05) is 0 Å². The minimum Gasteiger partial charge on any atom is -0.255 e. The van der Waals surface area contributed by atoms with Gasteiger partial charge in [-0.2, -0.15) is 4.39 Å². The molecule has 3 heteroatoms. The van der Waals surface area contributed by atoms with Gasteiger partial charge in [0.25, 0.3) is 0 Å². The molecule has 0 aliphatic heterocycles. The fourth-order valence-corrected chi connectivity index (χ4v) is 0.254. The SMILES string of the molecule is [2H]c1nc(C([2H])([2H])[2H])c([2H])nc1F. The summed E-state index contributed by atoms with van der Waals surface area (Å²) >= 11 is 0. The second-order valence-electron chi connectivity index (χ2n) is 1.09. The van der Waals surface area contributed by atoms with Gasteiger partial charge in [-0.15, -0.1) is 0 Å². The first-order valence-corrected chi connectivity index (χ1v) is 1.83. The van der Waals surface area contributed by atoms with Crippen molar-refractivity contribution in [3.8, 4) is 0 Å². The fraction of sp³-hybridized carbons (Fsp3) is 0.200. The van der Waals surface area contributed by atoms with Gasteiger partial charge in [0.15, 0.2) is 0 Å². The van der Waals surface area contributed by atoms with Gasteiger partial charge in [0.1, 0.15) is 0 Å². The van der Waals surface area contributed by atoms with Crippen LogP contribution in [0.3, 0.4) is 0 Å². The quantitative estimate of drug-likeness (QED) is 0.505. The van der Waals surface area contributed by atoms with Crippen molar-refractivity contribution in [1.82, 2.24) is 9.97 Å². The van der Waals surface area contributed by atoms with E-state index >= 15 is 0 Å². The van der Waals surface area contributed by atoms with Crippen LogP contribution in [-0.4, -0.2) is 9.97 Å². The average Bonchev–Trinajstić information content (AvgIpc) is 1.94. The van der Waals surface area contributed by atoms with Crippen molar-refractivity contribution in [3.05, 3.63) is 24.0 Å². The molecule has 0 aliphatic carbocycles. The summed E-state index contributed by atoms with van der Waals surface area (Å²) in [5.74, 6) is -1.24. The van der Waals surface area contributed by atoms with Crippen molar-refractivity contribution in [3.63, 3.8) is 0 Å². The van der Waals surface area contributed by atoms with Gasteiger partial charge < -0.3 is 0 Å². The van der Waals surface area contributed by atoms with Crippen LogP contribution < -0.4 is 0 Å². The Hall–Kier alpha value is -0.990. The summed E-state index contributed by atoms with van der Waals surface area (Å²) in [7, 11) is 0. The zero-order valence-corrected chi connectivity index (χ0v) is 3.77. The van der Waals surface area contributed by atoms with Crippen LogP contribution in [0.4, 0.5) is 4.39 Å². The second kappa shape index (κ2) is 1.86. The third-order valence-electron chi connectivity index (χ3n) is 0.520. The Morgan fingerprint density at radius 1 is 1.75 bits per heavy atom. The van der Waals surface area contributed by atoms with Gasteiger partial charge in [-0.05, 0) is 6.85 Å². The highest BCUT2D eigenvalue weighted by atomic mass is 19.1. The summed E-state index contributed by atoms with van der Waals surface area (Å²) in [6, 6.07) is 0. The van der Waals surface area contributed by atoms with E-state index in [-0.39, 0.29) is 0 Å². The highest BCUT2D eigenvalue weighted by Gasteiger charge is 1.86. The van der Waals surface area contributed by atoms with E-state index in [1.54, 1.807) is 0 Å². The third kappa shape index (κ3) is 0.992. The minimum atomic E-state index is -2.63. The highest BCUT2D eigenvalue weighted by Crippen LogP contribution is 1.88. The molecular formula is C5H5FN2. The van der Waals surface area contributed by atoms with Crippen LogP contribution in [0.5, 0.6) is 0 Å². The van der Waals surface area contributed by atoms with E-state index in [0.29, 0.717) is 0 Å². The summed E-state index contributed by atoms with van der Waals surface area (Å²) < 4.78 is 47.0. The van der Waals surface area contributed by atoms with E-state index in [1.165, 1.54) is 0 Å². The summed E-state index contributed by atoms with van der Waals surface area (Å²) in [6.45, 7) is -2.63. The van der Waals surface area contributed by atoms with E-state index in [9.17, 15) is 4.39 Å². The molecule has 0 saturated carbocycles. The molecule has 0 aliphatic rings. The molecule has 1 rings (SSSR count). The molecule has 2 nitrogen and oxygen atoms in total. The molecule has 0 radical (unpaired) electrons. The van der Waals surface area contributed by atoms with Crippen molar-refractivity contribution in [2.75, 3.05) is 0 Å². The summed E-state index contributed by atoms with van der Waals surface area (Å²) in [6.07, 6.45) is -1.62. The van der Waals surface area contributed by atoms with Gasteiger partial charge >= 0.3 is 0 Å². The van der Waals surface area contributed by atoms with Crippen LogP contribution in [-0.2, 0) is 0 Å². The Bertz CT molecular complexity index is 336. The van der Waals surface area contributed by atoms with Gasteiger partial charge in [0.05, 0.1) is 20.8 Å². The molecule has 1 aromatic heterocycles. The molecule has 0 spiro atoms. The van der Waals surface area contributed by atoms with Gasteiger partial charge in [-0.3, -0.25) is 4.98 Å². The first-order chi connectivity index (χ1) is 5.82. The van der Waals surface area contributed by atoms with Crippen LogP contribution >= 0.6 is 0 Å². The van der Waals surface area contributed by atoms with Crippen molar-refractivity contribution in [2.45, 2.75) is 6.85 Å². The zero-order valence-electron chi connectivity index (χ0n) is 8.77. The van der Waals surface area contributed by atoms with E-state index in [0.717, 1.165) is 0 Å². The van der Waals surface area contributed by atoms with Crippen LogP contribution in [0.25, 0.3) is 0 Å². The minimum absolute atomic E-state index is 0.654. The smallest absolute Gasteiger partial charge is 0.231 e. The van der Waals surface area contributed by atoms with E-state index < -0.39 is 30.8 Å². The Kier molecular flexibility index (Phi) is 0.408. The van der Waals surface area contributed by atoms with Crippen molar-refractivity contribution in [2.24, 2.45) is 0 Å². The maximum atomic E-state index is 12.5. The van der Waals surface area contributed by atoms with Crippen molar-refractivity contribution >= 4 is 0 Å². The molecule has 1 aromatic rings. The highest BCUT2D eigenvalue weighted by molar-refractivity contribution is 4.90. The molecule has 0 aromatic carbocycles. The van der Waals surface area contributed by atoms with Crippen LogP contribution in [0, 0.1) is 12.8 Å². The van der Waals surface area contributed by atoms with Crippen molar-refractivity contribution in [1.29, 1.82) is 0 Å². The van der Waals surface area contributed by atoms with Gasteiger partial charge in [0, 0.05) is 4.11 Å². The number of halogens is 1. The maximum Gasteiger partial charge on any atom is 0.231 e. The third-order valence-corrected chi connectivity index (χ3v) is 0.520. The lowest BCUT2D eigenvalue weighted by atomic mass is 10.5. The van der Waals surface area contributed by atoms with E-state index in [4.69, 9.17) is 6.85 Å². The van der Waals surface area contributed by atoms with E-state index in [1.807, 2.05) is 0 Å². The topological polar surface area (TPSA) is 25.8 Å². The molecule has 0 unspecified atom stereocenters. The summed E-state index contributed by atoms with van der Waals surface area (Å²) in [4.78, 5) is 6.05. The van der Waals surface area contributed by atoms with Gasteiger partial charge in [0.2, 0.25) is 5.95 Å². The molecule has 1 heterocycles. The molecule has 8 heavy (non-hydrogen) atoms. The fourth-order valence-electron chi connectivity index (χ4n) is 0.254. The molecule has 42 valence electrons. The lowest BCUT2D eigenvalue weighted by molar-refractivity contribution is 0.575. The van der Waals surface area contributed by atoms with Crippen LogP contribution in [0.1, 0.15) is 12.5 Å². The number of aromatic nitrogens is 2. The number of nitrogens with zero attached hydrogens (tertiary/aromatic N) is 2. The average molecular weight is 117 g/mol. The standard InChI is InChI=1S/C5H5FN2/c1-4-2-8-5(6)3-7-4/h2-3H,1H3/i1D3,2D,3D. The maximum absolute atomic E-state index is 12.5. The Balaban J connectivity index is 3.32. The zero-order chi connectivity index (χ0) is 10.2.